The highest BCUT2D eigenvalue weighted by Gasteiger charge is 2.16. The summed E-state index contributed by atoms with van der Waals surface area (Å²) >= 11 is 0. The van der Waals surface area contributed by atoms with Crippen LogP contribution in [0.5, 0.6) is 0 Å². The Hall–Kier alpha value is -2.34. The van der Waals surface area contributed by atoms with Crippen molar-refractivity contribution in [2.75, 3.05) is 42.9 Å². The predicted octanol–water partition coefficient (Wildman–Crippen LogP) is 2.07. The van der Waals surface area contributed by atoms with Gasteiger partial charge in [-0.15, -0.1) is 0 Å². The molecule has 1 aliphatic rings. The van der Waals surface area contributed by atoms with Crippen LogP contribution in [0, 0.1) is 0 Å². The molecule has 0 saturated carbocycles. The van der Waals surface area contributed by atoms with Crippen molar-refractivity contribution < 1.29 is 9.21 Å². The van der Waals surface area contributed by atoms with Crippen molar-refractivity contribution in [2.45, 2.75) is 6.92 Å². The van der Waals surface area contributed by atoms with Crippen molar-refractivity contribution in [3.8, 4) is 0 Å². The fourth-order valence-electron chi connectivity index (χ4n) is 2.54. The lowest BCUT2D eigenvalue weighted by atomic mass is 10.3. The first-order chi connectivity index (χ1) is 10.8. The number of furan rings is 1. The molecule has 0 aromatic carbocycles. The van der Waals surface area contributed by atoms with Gasteiger partial charge in [-0.2, -0.15) is 0 Å². The molecule has 0 spiro atoms. The van der Waals surface area contributed by atoms with Gasteiger partial charge < -0.3 is 19.5 Å². The van der Waals surface area contributed by atoms with E-state index in [9.17, 15) is 4.79 Å². The summed E-state index contributed by atoms with van der Waals surface area (Å²) in [7, 11) is 0. The number of pyridine rings is 1. The Morgan fingerprint density at radius 2 is 2.09 bits per heavy atom. The second kappa shape index (κ2) is 6.62. The Labute approximate surface area is 129 Å². The summed E-state index contributed by atoms with van der Waals surface area (Å²) in [5, 5.41) is 2.77. The molecule has 2 aromatic heterocycles. The van der Waals surface area contributed by atoms with Gasteiger partial charge in [0.2, 0.25) is 0 Å². The number of carbonyl (C=O) groups excluding carboxylic acids is 1. The summed E-state index contributed by atoms with van der Waals surface area (Å²) in [6.07, 6.45) is 3.16. The molecule has 0 unspecified atom stereocenters. The van der Waals surface area contributed by atoms with Crippen LogP contribution in [0.15, 0.2) is 41.1 Å². The van der Waals surface area contributed by atoms with E-state index < -0.39 is 0 Å². The Bertz CT molecular complexity index is 602. The number of aromatic nitrogens is 1. The first-order valence-corrected chi connectivity index (χ1v) is 7.54. The number of nitrogens with one attached hydrogen (secondary N) is 1. The Morgan fingerprint density at radius 3 is 2.68 bits per heavy atom. The summed E-state index contributed by atoms with van der Waals surface area (Å²) in [6.45, 7) is 7.38. The Balaban J connectivity index is 1.60. The molecule has 22 heavy (non-hydrogen) atoms. The largest absolute Gasteiger partial charge is 0.459 e. The molecule has 3 heterocycles. The van der Waals surface area contributed by atoms with Gasteiger partial charge in [0.25, 0.3) is 5.91 Å². The maximum atomic E-state index is 11.9. The van der Waals surface area contributed by atoms with E-state index in [1.165, 1.54) is 6.26 Å². The third-order valence-corrected chi connectivity index (χ3v) is 3.89. The number of amides is 1. The van der Waals surface area contributed by atoms with Crippen molar-refractivity contribution in [3.63, 3.8) is 0 Å². The van der Waals surface area contributed by atoms with E-state index in [0.29, 0.717) is 11.4 Å². The van der Waals surface area contributed by atoms with Gasteiger partial charge in [-0.05, 0) is 30.8 Å². The average Bonchev–Trinajstić information content (AvgIpc) is 3.10. The molecule has 1 amide bonds. The van der Waals surface area contributed by atoms with Crippen molar-refractivity contribution >= 4 is 17.4 Å². The molecule has 1 saturated heterocycles. The lowest BCUT2D eigenvalue weighted by Crippen LogP contribution is -2.46. The average molecular weight is 300 g/mol. The molecular formula is C16H20N4O2. The van der Waals surface area contributed by atoms with Gasteiger partial charge >= 0.3 is 0 Å². The lowest BCUT2D eigenvalue weighted by Gasteiger charge is -2.34. The molecule has 6 heteroatoms. The predicted molar refractivity (Wildman–Crippen MR) is 85.2 cm³/mol. The number of carbonyl (C=O) groups is 1. The SMILES string of the molecule is CCN1CCN(c2ccc(NC(=O)c3ccco3)cn2)CC1. The van der Waals surface area contributed by atoms with Crippen LogP contribution in [-0.4, -0.2) is 48.5 Å². The lowest BCUT2D eigenvalue weighted by molar-refractivity contribution is 0.0996. The van der Waals surface area contributed by atoms with E-state index in [0.717, 1.165) is 38.5 Å². The topological polar surface area (TPSA) is 61.6 Å². The maximum Gasteiger partial charge on any atom is 0.291 e. The van der Waals surface area contributed by atoms with Gasteiger partial charge in [0.1, 0.15) is 5.82 Å². The molecule has 1 aliphatic heterocycles. The third-order valence-electron chi connectivity index (χ3n) is 3.89. The van der Waals surface area contributed by atoms with Crippen molar-refractivity contribution in [2.24, 2.45) is 0 Å². The van der Waals surface area contributed by atoms with Crippen LogP contribution in [0.3, 0.4) is 0 Å². The van der Waals surface area contributed by atoms with Gasteiger partial charge in [0.05, 0.1) is 18.1 Å². The second-order valence-electron chi connectivity index (χ2n) is 5.26. The van der Waals surface area contributed by atoms with Gasteiger partial charge in [-0.1, -0.05) is 6.92 Å². The summed E-state index contributed by atoms with van der Waals surface area (Å²) in [4.78, 5) is 21.0. The zero-order valence-corrected chi connectivity index (χ0v) is 12.7. The molecule has 0 atom stereocenters. The Morgan fingerprint density at radius 1 is 1.27 bits per heavy atom. The van der Waals surface area contributed by atoms with Gasteiger partial charge in [-0.25, -0.2) is 4.98 Å². The third kappa shape index (κ3) is 3.28. The quantitative estimate of drug-likeness (QED) is 0.936. The fourth-order valence-corrected chi connectivity index (χ4v) is 2.54. The smallest absolute Gasteiger partial charge is 0.291 e. The van der Waals surface area contributed by atoms with E-state index in [2.05, 4.69) is 27.0 Å². The number of nitrogens with zero attached hydrogens (tertiary/aromatic N) is 3. The van der Waals surface area contributed by atoms with Gasteiger partial charge in [0, 0.05) is 26.2 Å². The highest BCUT2D eigenvalue weighted by Crippen LogP contribution is 2.16. The number of hydrogen-bond acceptors (Lipinski definition) is 5. The summed E-state index contributed by atoms with van der Waals surface area (Å²) < 4.78 is 5.06. The van der Waals surface area contributed by atoms with Crippen LogP contribution < -0.4 is 10.2 Å². The molecule has 2 aromatic rings. The number of anilines is 2. The molecule has 0 bridgehead atoms. The van der Waals surface area contributed by atoms with Crippen LogP contribution in [0.1, 0.15) is 17.5 Å². The van der Waals surface area contributed by atoms with E-state index in [-0.39, 0.29) is 5.91 Å². The second-order valence-corrected chi connectivity index (χ2v) is 5.26. The first-order valence-electron chi connectivity index (χ1n) is 7.54. The van der Waals surface area contributed by atoms with E-state index in [1.54, 1.807) is 18.3 Å². The summed E-state index contributed by atoms with van der Waals surface area (Å²) in [5.41, 5.74) is 0.664. The van der Waals surface area contributed by atoms with Crippen molar-refractivity contribution in [1.82, 2.24) is 9.88 Å². The monoisotopic (exact) mass is 300 g/mol. The summed E-state index contributed by atoms with van der Waals surface area (Å²) in [6, 6.07) is 7.13. The van der Waals surface area contributed by atoms with Crippen molar-refractivity contribution in [1.29, 1.82) is 0 Å². The molecule has 6 nitrogen and oxygen atoms in total. The minimum absolute atomic E-state index is 0.267. The normalized spacial score (nSPS) is 15.8. The number of piperazine rings is 1. The molecule has 1 N–H and O–H groups in total. The maximum absolute atomic E-state index is 11.9. The number of likely N-dealkylation sites (N-methyl/N-ethyl adjacent to an activating group) is 1. The minimum Gasteiger partial charge on any atom is -0.459 e. The molecule has 3 rings (SSSR count). The zero-order valence-electron chi connectivity index (χ0n) is 12.7. The standard InChI is InChI=1S/C16H20N4O2/c1-2-19-7-9-20(10-8-19)15-6-5-13(12-17-15)18-16(21)14-4-3-11-22-14/h3-6,11-12H,2,7-10H2,1H3,(H,18,21). The molecule has 1 fully saturated rings. The van der Waals surface area contributed by atoms with Crippen LogP contribution in [0.25, 0.3) is 0 Å². The van der Waals surface area contributed by atoms with Gasteiger partial charge in [0.15, 0.2) is 5.76 Å². The number of rotatable bonds is 4. The van der Waals surface area contributed by atoms with E-state index in [1.807, 2.05) is 12.1 Å². The van der Waals surface area contributed by atoms with Crippen molar-refractivity contribution in [3.05, 3.63) is 42.5 Å². The fraction of sp³-hybridized carbons (Fsp3) is 0.375. The molecular weight excluding hydrogens is 280 g/mol. The minimum atomic E-state index is -0.267. The van der Waals surface area contributed by atoms with E-state index in [4.69, 9.17) is 4.42 Å². The highest BCUT2D eigenvalue weighted by atomic mass is 16.3. The molecule has 0 aliphatic carbocycles. The van der Waals surface area contributed by atoms with Gasteiger partial charge in [-0.3, -0.25) is 4.79 Å². The van der Waals surface area contributed by atoms with Crippen LogP contribution >= 0.6 is 0 Å². The number of hydrogen-bond donors (Lipinski definition) is 1. The van der Waals surface area contributed by atoms with E-state index >= 15 is 0 Å². The Kier molecular flexibility index (Phi) is 4.39. The van der Waals surface area contributed by atoms with Crippen LogP contribution in [0.2, 0.25) is 0 Å². The molecule has 116 valence electrons. The first kappa shape index (κ1) is 14.6. The zero-order chi connectivity index (χ0) is 15.4. The van der Waals surface area contributed by atoms with Crippen LogP contribution in [-0.2, 0) is 0 Å². The summed E-state index contributed by atoms with van der Waals surface area (Å²) in [5.74, 6) is 0.975. The molecule has 0 radical (unpaired) electrons. The highest BCUT2D eigenvalue weighted by molar-refractivity contribution is 6.02. The van der Waals surface area contributed by atoms with Crippen LogP contribution in [0.4, 0.5) is 11.5 Å².